The number of benzene rings is 1. The van der Waals surface area contributed by atoms with Crippen LogP contribution in [0.5, 0.6) is 5.75 Å². The van der Waals surface area contributed by atoms with E-state index in [9.17, 15) is 5.11 Å². The second-order valence-electron chi connectivity index (χ2n) is 3.91. The zero-order valence-electron chi connectivity index (χ0n) is 8.90. The fraction of sp³-hybridized carbons (Fsp3) is 0.231. The molecule has 0 saturated heterocycles. The van der Waals surface area contributed by atoms with Gasteiger partial charge in [0.2, 0.25) is 0 Å². The summed E-state index contributed by atoms with van der Waals surface area (Å²) in [7, 11) is 0. The van der Waals surface area contributed by atoms with Crippen LogP contribution in [-0.4, -0.2) is 5.11 Å². The predicted octanol–water partition coefficient (Wildman–Crippen LogP) is 3.78. The molecule has 0 saturated carbocycles. The molecular weight excluding hydrogens is 188 g/mol. The van der Waals surface area contributed by atoms with Gasteiger partial charge < -0.3 is 9.52 Å². The standard InChI is InChI=1S/C13H14O2/c1-9(2)11-8-10(5-6-12(11)14)13-4-3-7-15-13/h3-9,14H,1-2H3. The molecule has 2 heteroatoms. The minimum Gasteiger partial charge on any atom is -0.508 e. The Bertz CT molecular complexity index is 442. The molecule has 0 radical (unpaired) electrons. The summed E-state index contributed by atoms with van der Waals surface area (Å²) in [5.74, 6) is 1.48. The number of hydrogen-bond acceptors (Lipinski definition) is 2. The summed E-state index contributed by atoms with van der Waals surface area (Å²) >= 11 is 0. The third-order valence-corrected chi connectivity index (χ3v) is 2.46. The highest BCUT2D eigenvalue weighted by Crippen LogP contribution is 2.30. The summed E-state index contributed by atoms with van der Waals surface area (Å²) in [6, 6.07) is 9.32. The number of aromatic hydroxyl groups is 1. The van der Waals surface area contributed by atoms with Gasteiger partial charge in [0.1, 0.15) is 11.5 Å². The van der Waals surface area contributed by atoms with E-state index in [4.69, 9.17) is 4.42 Å². The Morgan fingerprint density at radius 1 is 1.20 bits per heavy atom. The van der Waals surface area contributed by atoms with E-state index in [1.807, 2.05) is 24.3 Å². The Morgan fingerprint density at radius 3 is 2.60 bits per heavy atom. The van der Waals surface area contributed by atoms with Crippen molar-refractivity contribution in [3.8, 4) is 17.1 Å². The van der Waals surface area contributed by atoms with Crippen molar-refractivity contribution in [1.82, 2.24) is 0 Å². The van der Waals surface area contributed by atoms with Crippen molar-refractivity contribution in [1.29, 1.82) is 0 Å². The van der Waals surface area contributed by atoms with Crippen LogP contribution in [0.1, 0.15) is 25.3 Å². The van der Waals surface area contributed by atoms with Crippen molar-refractivity contribution in [2.24, 2.45) is 0 Å². The molecule has 0 bridgehead atoms. The second-order valence-corrected chi connectivity index (χ2v) is 3.91. The van der Waals surface area contributed by atoms with Gasteiger partial charge in [-0.25, -0.2) is 0 Å². The molecule has 78 valence electrons. The maximum absolute atomic E-state index is 9.67. The lowest BCUT2D eigenvalue weighted by Crippen LogP contribution is -1.88. The zero-order chi connectivity index (χ0) is 10.8. The molecule has 2 nitrogen and oxygen atoms in total. The van der Waals surface area contributed by atoms with Crippen LogP contribution < -0.4 is 0 Å². The molecule has 1 aromatic carbocycles. The minimum atomic E-state index is 0.305. The second kappa shape index (κ2) is 3.81. The van der Waals surface area contributed by atoms with Crippen molar-refractivity contribution in [3.63, 3.8) is 0 Å². The molecule has 1 aromatic heterocycles. The van der Waals surface area contributed by atoms with Crippen LogP contribution in [-0.2, 0) is 0 Å². The lowest BCUT2D eigenvalue weighted by atomic mass is 9.99. The molecule has 0 aliphatic rings. The van der Waals surface area contributed by atoms with Gasteiger partial charge in [0.05, 0.1) is 6.26 Å². The highest BCUT2D eigenvalue weighted by molar-refractivity contribution is 5.60. The Morgan fingerprint density at radius 2 is 2.00 bits per heavy atom. The van der Waals surface area contributed by atoms with E-state index in [0.29, 0.717) is 11.7 Å². The van der Waals surface area contributed by atoms with Crippen LogP contribution in [0.4, 0.5) is 0 Å². The lowest BCUT2D eigenvalue weighted by Gasteiger charge is -2.09. The van der Waals surface area contributed by atoms with E-state index in [2.05, 4.69) is 13.8 Å². The molecule has 0 aliphatic carbocycles. The fourth-order valence-electron chi connectivity index (χ4n) is 1.61. The summed E-state index contributed by atoms with van der Waals surface area (Å²) in [5.41, 5.74) is 1.95. The first kappa shape index (κ1) is 9.84. The summed E-state index contributed by atoms with van der Waals surface area (Å²) in [6.07, 6.45) is 1.65. The monoisotopic (exact) mass is 202 g/mol. The quantitative estimate of drug-likeness (QED) is 0.804. The number of rotatable bonds is 2. The van der Waals surface area contributed by atoms with Crippen molar-refractivity contribution >= 4 is 0 Å². The molecule has 1 N–H and O–H groups in total. The summed E-state index contributed by atoms with van der Waals surface area (Å²) in [5, 5.41) is 9.67. The van der Waals surface area contributed by atoms with Crippen molar-refractivity contribution < 1.29 is 9.52 Å². The molecule has 2 aromatic rings. The van der Waals surface area contributed by atoms with Gasteiger partial charge in [-0.1, -0.05) is 13.8 Å². The molecule has 15 heavy (non-hydrogen) atoms. The molecule has 2 rings (SSSR count). The third kappa shape index (κ3) is 1.89. The highest BCUT2D eigenvalue weighted by Gasteiger charge is 2.08. The van der Waals surface area contributed by atoms with Gasteiger partial charge in [-0.3, -0.25) is 0 Å². The van der Waals surface area contributed by atoms with Gasteiger partial charge in [0.15, 0.2) is 0 Å². The van der Waals surface area contributed by atoms with Crippen molar-refractivity contribution in [3.05, 3.63) is 42.2 Å². The van der Waals surface area contributed by atoms with E-state index < -0.39 is 0 Å². The summed E-state index contributed by atoms with van der Waals surface area (Å²) in [4.78, 5) is 0. The SMILES string of the molecule is CC(C)c1cc(-c2ccco2)ccc1O. The van der Waals surface area contributed by atoms with Crippen LogP contribution in [0.3, 0.4) is 0 Å². The van der Waals surface area contributed by atoms with Crippen LogP contribution in [0.15, 0.2) is 41.0 Å². The van der Waals surface area contributed by atoms with Crippen LogP contribution in [0, 0.1) is 0 Å². The topological polar surface area (TPSA) is 33.4 Å². The maximum atomic E-state index is 9.67. The molecule has 0 fully saturated rings. The molecule has 0 spiro atoms. The molecule has 0 unspecified atom stereocenters. The fourth-order valence-corrected chi connectivity index (χ4v) is 1.61. The van der Waals surface area contributed by atoms with Crippen molar-refractivity contribution in [2.75, 3.05) is 0 Å². The van der Waals surface area contributed by atoms with E-state index in [-0.39, 0.29) is 0 Å². The molecule has 0 amide bonds. The molecule has 0 aliphatic heterocycles. The number of phenols is 1. The Hall–Kier alpha value is -1.70. The van der Waals surface area contributed by atoms with Gasteiger partial charge in [-0.15, -0.1) is 0 Å². The van der Waals surface area contributed by atoms with E-state index >= 15 is 0 Å². The largest absolute Gasteiger partial charge is 0.508 e. The highest BCUT2D eigenvalue weighted by atomic mass is 16.3. The number of hydrogen-bond donors (Lipinski definition) is 1. The zero-order valence-corrected chi connectivity index (χ0v) is 8.90. The first-order valence-electron chi connectivity index (χ1n) is 5.05. The van der Waals surface area contributed by atoms with Crippen LogP contribution in [0.2, 0.25) is 0 Å². The first-order chi connectivity index (χ1) is 7.18. The Balaban J connectivity index is 2.48. The smallest absolute Gasteiger partial charge is 0.133 e. The van der Waals surface area contributed by atoms with Crippen molar-refractivity contribution in [2.45, 2.75) is 19.8 Å². The van der Waals surface area contributed by atoms with Gasteiger partial charge >= 0.3 is 0 Å². The average Bonchev–Trinajstić information content (AvgIpc) is 2.71. The van der Waals surface area contributed by atoms with Gasteiger partial charge in [-0.05, 0) is 41.8 Å². The average molecular weight is 202 g/mol. The first-order valence-corrected chi connectivity index (χ1v) is 5.05. The summed E-state index contributed by atoms with van der Waals surface area (Å²) in [6.45, 7) is 4.11. The minimum absolute atomic E-state index is 0.305. The molecule has 0 atom stereocenters. The van der Waals surface area contributed by atoms with Gasteiger partial charge in [-0.2, -0.15) is 0 Å². The van der Waals surface area contributed by atoms with Crippen LogP contribution >= 0.6 is 0 Å². The van der Waals surface area contributed by atoms with E-state index in [0.717, 1.165) is 16.9 Å². The summed E-state index contributed by atoms with van der Waals surface area (Å²) < 4.78 is 5.31. The predicted molar refractivity (Wildman–Crippen MR) is 59.9 cm³/mol. The van der Waals surface area contributed by atoms with Crippen LogP contribution in [0.25, 0.3) is 11.3 Å². The molecule has 1 heterocycles. The Kier molecular flexibility index (Phi) is 2.50. The maximum Gasteiger partial charge on any atom is 0.133 e. The molecular formula is C13H14O2. The van der Waals surface area contributed by atoms with Gasteiger partial charge in [0.25, 0.3) is 0 Å². The number of phenolic OH excluding ortho intramolecular Hbond substituents is 1. The normalized spacial score (nSPS) is 10.9. The van der Waals surface area contributed by atoms with Gasteiger partial charge in [0, 0.05) is 5.56 Å². The third-order valence-electron chi connectivity index (χ3n) is 2.46. The number of furan rings is 1. The van der Waals surface area contributed by atoms with E-state index in [1.165, 1.54) is 0 Å². The van der Waals surface area contributed by atoms with E-state index in [1.54, 1.807) is 12.3 Å². The Labute approximate surface area is 89.2 Å². The lowest BCUT2D eigenvalue weighted by molar-refractivity contribution is 0.465.